The molecule has 0 spiro atoms. The zero-order valence-electron chi connectivity index (χ0n) is 14.6. The van der Waals surface area contributed by atoms with E-state index < -0.39 is 4.92 Å². The van der Waals surface area contributed by atoms with E-state index in [1.54, 1.807) is 12.3 Å². The van der Waals surface area contributed by atoms with E-state index in [4.69, 9.17) is 9.47 Å². The van der Waals surface area contributed by atoms with Crippen molar-refractivity contribution in [3.8, 4) is 0 Å². The molecule has 2 N–H and O–H groups in total. The van der Waals surface area contributed by atoms with Gasteiger partial charge in [0, 0.05) is 24.2 Å². The molecule has 0 aliphatic carbocycles. The molecule has 4 rings (SSSR count). The number of benzene rings is 1. The molecule has 1 aromatic carbocycles. The lowest BCUT2D eigenvalue weighted by molar-refractivity contribution is -0.384. The van der Waals surface area contributed by atoms with E-state index in [0.29, 0.717) is 31.3 Å². The number of H-pyrrole nitrogens is 1. The second-order valence-electron chi connectivity index (χ2n) is 6.14. The fourth-order valence-electron chi connectivity index (χ4n) is 2.88. The van der Waals surface area contributed by atoms with Gasteiger partial charge in [0.25, 0.3) is 0 Å². The molecule has 0 atom stereocenters. The highest BCUT2D eigenvalue weighted by molar-refractivity contribution is 5.83. The first-order valence-electron chi connectivity index (χ1n) is 8.40. The Morgan fingerprint density at radius 3 is 2.93 bits per heavy atom. The molecule has 0 saturated carbocycles. The summed E-state index contributed by atoms with van der Waals surface area (Å²) in [6, 6.07) is 8.55. The summed E-state index contributed by atoms with van der Waals surface area (Å²) in [6.07, 6.45) is 1.36. The maximum Gasteiger partial charge on any atom is 0.311 e. The smallest absolute Gasteiger partial charge is 0.311 e. The van der Waals surface area contributed by atoms with Gasteiger partial charge in [-0.1, -0.05) is 0 Å². The lowest BCUT2D eigenvalue weighted by Gasteiger charge is -2.21. The number of anilines is 3. The molecule has 2 aromatic heterocycles. The predicted octanol–water partition coefficient (Wildman–Crippen LogP) is 2.42. The third-order valence-electron chi connectivity index (χ3n) is 4.26. The van der Waals surface area contributed by atoms with Gasteiger partial charge in [0.2, 0.25) is 5.82 Å². The number of aromatic nitrogens is 3. The van der Waals surface area contributed by atoms with E-state index >= 15 is 0 Å². The molecule has 0 bridgehead atoms. The van der Waals surface area contributed by atoms with Gasteiger partial charge in [0.1, 0.15) is 5.82 Å². The quantitative estimate of drug-likeness (QED) is 0.502. The van der Waals surface area contributed by atoms with Crippen LogP contribution in [0.2, 0.25) is 0 Å². The van der Waals surface area contributed by atoms with Crippen LogP contribution in [-0.4, -0.2) is 53.2 Å². The van der Waals surface area contributed by atoms with Crippen molar-refractivity contribution in [3.63, 3.8) is 0 Å². The summed E-state index contributed by atoms with van der Waals surface area (Å²) in [7, 11) is 1.83. The minimum absolute atomic E-state index is 0.104. The van der Waals surface area contributed by atoms with E-state index in [-0.39, 0.29) is 17.8 Å². The molecule has 1 aliphatic rings. The molecule has 27 heavy (non-hydrogen) atoms. The first kappa shape index (κ1) is 17.2. The lowest BCUT2D eigenvalue weighted by atomic mass is 10.2. The van der Waals surface area contributed by atoms with Crippen molar-refractivity contribution in [1.82, 2.24) is 15.2 Å². The van der Waals surface area contributed by atoms with Crippen LogP contribution in [0.15, 0.2) is 36.5 Å². The number of nitro groups is 1. The van der Waals surface area contributed by atoms with Crippen molar-refractivity contribution in [2.75, 3.05) is 37.0 Å². The molecule has 1 saturated heterocycles. The SMILES string of the molecule is CN(CC1OCCO1)c1ccc([N+](=O)[O-])c(Nc2ccc3[nH]ncc3c2)n1. The van der Waals surface area contributed by atoms with Gasteiger partial charge in [-0.3, -0.25) is 15.2 Å². The van der Waals surface area contributed by atoms with Crippen molar-refractivity contribution in [3.05, 3.63) is 46.6 Å². The highest BCUT2D eigenvalue weighted by Gasteiger charge is 2.21. The predicted molar refractivity (Wildman–Crippen MR) is 99.2 cm³/mol. The molecular formula is C17H18N6O4. The van der Waals surface area contributed by atoms with E-state index in [1.165, 1.54) is 6.07 Å². The Balaban J connectivity index is 1.61. The second-order valence-corrected chi connectivity index (χ2v) is 6.14. The summed E-state index contributed by atoms with van der Waals surface area (Å²) in [5.74, 6) is 0.743. The zero-order valence-corrected chi connectivity index (χ0v) is 14.6. The number of nitrogens with zero attached hydrogens (tertiary/aromatic N) is 4. The standard InChI is InChI=1S/C17H18N6O4/c1-22(10-16-26-6-7-27-16)15-5-4-14(23(24)25)17(20-15)19-12-2-3-13-11(8-12)9-18-21-13/h2-5,8-9,16H,6-7,10H2,1H3,(H,18,21)(H,19,20). The summed E-state index contributed by atoms with van der Waals surface area (Å²) in [6.45, 7) is 1.61. The van der Waals surface area contributed by atoms with Crippen LogP contribution in [0.1, 0.15) is 0 Å². The zero-order chi connectivity index (χ0) is 18.8. The van der Waals surface area contributed by atoms with E-state index in [1.807, 2.05) is 30.1 Å². The third-order valence-corrected chi connectivity index (χ3v) is 4.26. The Morgan fingerprint density at radius 2 is 2.15 bits per heavy atom. The maximum atomic E-state index is 11.4. The Bertz CT molecular complexity index is 969. The summed E-state index contributed by atoms with van der Waals surface area (Å²) in [5.41, 5.74) is 1.46. The third kappa shape index (κ3) is 3.66. The number of ether oxygens (including phenoxy) is 2. The first-order valence-corrected chi connectivity index (χ1v) is 8.40. The Kier molecular flexibility index (Phi) is 4.57. The van der Waals surface area contributed by atoms with Crippen LogP contribution < -0.4 is 10.2 Å². The van der Waals surface area contributed by atoms with Crippen LogP contribution in [0.25, 0.3) is 10.9 Å². The molecule has 0 amide bonds. The number of pyridine rings is 1. The van der Waals surface area contributed by atoms with E-state index in [2.05, 4.69) is 20.5 Å². The van der Waals surface area contributed by atoms with Gasteiger partial charge in [-0.05, 0) is 24.3 Å². The normalized spacial score (nSPS) is 14.6. The molecule has 1 fully saturated rings. The molecule has 0 unspecified atom stereocenters. The molecule has 140 valence electrons. The Morgan fingerprint density at radius 1 is 1.33 bits per heavy atom. The minimum Gasteiger partial charge on any atom is -0.355 e. The fraction of sp³-hybridized carbons (Fsp3) is 0.294. The van der Waals surface area contributed by atoms with Crippen LogP contribution >= 0.6 is 0 Å². The topological polar surface area (TPSA) is 118 Å². The average molecular weight is 370 g/mol. The number of rotatable bonds is 6. The number of hydrogen-bond donors (Lipinski definition) is 2. The molecule has 10 heteroatoms. The number of likely N-dealkylation sites (N-methyl/N-ethyl adjacent to an activating group) is 1. The van der Waals surface area contributed by atoms with E-state index in [0.717, 1.165) is 10.9 Å². The Hall–Kier alpha value is -3.24. The molecule has 3 heterocycles. The number of hydrogen-bond acceptors (Lipinski definition) is 8. The van der Waals surface area contributed by atoms with Gasteiger partial charge in [-0.2, -0.15) is 5.10 Å². The number of fused-ring (bicyclic) bond motifs is 1. The summed E-state index contributed by atoms with van der Waals surface area (Å²) >= 11 is 0. The van der Waals surface area contributed by atoms with Gasteiger partial charge in [0.05, 0.1) is 36.4 Å². The molecule has 1 aliphatic heterocycles. The van der Waals surface area contributed by atoms with Gasteiger partial charge >= 0.3 is 5.69 Å². The van der Waals surface area contributed by atoms with Crippen LogP contribution in [0.3, 0.4) is 0 Å². The van der Waals surface area contributed by atoms with Crippen LogP contribution in [-0.2, 0) is 9.47 Å². The van der Waals surface area contributed by atoms with Crippen molar-refractivity contribution >= 4 is 33.9 Å². The van der Waals surface area contributed by atoms with Crippen molar-refractivity contribution in [2.45, 2.75) is 6.29 Å². The highest BCUT2D eigenvalue weighted by atomic mass is 16.7. The summed E-state index contributed by atoms with van der Waals surface area (Å²) < 4.78 is 10.9. The summed E-state index contributed by atoms with van der Waals surface area (Å²) in [5, 5.41) is 22.2. The molecule has 3 aromatic rings. The Labute approximate surface area is 154 Å². The largest absolute Gasteiger partial charge is 0.355 e. The van der Waals surface area contributed by atoms with Gasteiger partial charge in [-0.15, -0.1) is 0 Å². The number of aromatic amines is 1. The van der Waals surface area contributed by atoms with Crippen LogP contribution in [0.4, 0.5) is 23.0 Å². The van der Waals surface area contributed by atoms with Crippen LogP contribution in [0.5, 0.6) is 0 Å². The first-order chi connectivity index (χ1) is 13.1. The molecule has 0 radical (unpaired) electrons. The molecular weight excluding hydrogens is 352 g/mol. The maximum absolute atomic E-state index is 11.4. The van der Waals surface area contributed by atoms with Crippen molar-refractivity contribution in [2.24, 2.45) is 0 Å². The highest BCUT2D eigenvalue weighted by Crippen LogP contribution is 2.29. The van der Waals surface area contributed by atoms with Crippen molar-refractivity contribution in [1.29, 1.82) is 0 Å². The monoisotopic (exact) mass is 370 g/mol. The van der Waals surface area contributed by atoms with Crippen molar-refractivity contribution < 1.29 is 14.4 Å². The number of nitrogens with one attached hydrogen (secondary N) is 2. The minimum atomic E-state index is -0.460. The van der Waals surface area contributed by atoms with E-state index in [9.17, 15) is 10.1 Å². The van der Waals surface area contributed by atoms with Gasteiger partial charge in [0.15, 0.2) is 6.29 Å². The van der Waals surface area contributed by atoms with Gasteiger partial charge in [-0.25, -0.2) is 4.98 Å². The average Bonchev–Trinajstić information content (AvgIpc) is 3.32. The fourth-order valence-corrected chi connectivity index (χ4v) is 2.88. The van der Waals surface area contributed by atoms with Crippen LogP contribution in [0, 0.1) is 10.1 Å². The van der Waals surface area contributed by atoms with Gasteiger partial charge < -0.3 is 19.7 Å². The summed E-state index contributed by atoms with van der Waals surface area (Å²) in [4.78, 5) is 17.2. The lowest BCUT2D eigenvalue weighted by Crippen LogP contribution is -2.30. The second kappa shape index (κ2) is 7.17. The molecule has 10 nitrogen and oxygen atoms in total.